The number of ether oxygens (including phenoxy) is 1. The molecular formula is C12H13ClO2. The molecule has 1 aliphatic rings. The monoisotopic (exact) mass is 224 g/mol. The van der Waals surface area contributed by atoms with Gasteiger partial charge in [-0.3, -0.25) is 4.79 Å². The van der Waals surface area contributed by atoms with Gasteiger partial charge in [-0.25, -0.2) is 0 Å². The summed E-state index contributed by atoms with van der Waals surface area (Å²) in [4.78, 5) is 11.6. The normalized spacial score (nSPS) is 19.5. The summed E-state index contributed by atoms with van der Waals surface area (Å²) >= 11 is 5.94. The first-order chi connectivity index (χ1) is 7.22. The topological polar surface area (TPSA) is 26.3 Å². The number of methoxy groups -OCH3 is 1. The van der Waals surface area contributed by atoms with Crippen molar-refractivity contribution in [3.05, 3.63) is 34.3 Å². The van der Waals surface area contributed by atoms with Gasteiger partial charge < -0.3 is 4.74 Å². The number of fused-ring (bicyclic) bond motifs is 1. The molecule has 1 aromatic rings. The molecule has 0 fully saturated rings. The van der Waals surface area contributed by atoms with E-state index in [2.05, 4.69) is 0 Å². The van der Waals surface area contributed by atoms with E-state index in [-0.39, 0.29) is 11.9 Å². The quantitative estimate of drug-likeness (QED) is 0.686. The molecule has 0 radical (unpaired) electrons. The number of halogens is 1. The van der Waals surface area contributed by atoms with Crippen molar-refractivity contribution in [1.82, 2.24) is 0 Å². The van der Waals surface area contributed by atoms with Crippen molar-refractivity contribution >= 4 is 17.6 Å². The molecule has 0 N–H and O–H groups in total. The highest BCUT2D eigenvalue weighted by Crippen LogP contribution is 2.33. The van der Waals surface area contributed by atoms with Crippen LogP contribution in [0.2, 0.25) is 5.02 Å². The zero-order valence-corrected chi connectivity index (χ0v) is 9.38. The van der Waals surface area contributed by atoms with Crippen molar-refractivity contribution < 1.29 is 9.53 Å². The van der Waals surface area contributed by atoms with Crippen molar-refractivity contribution in [2.75, 3.05) is 7.11 Å². The molecule has 1 aromatic carbocycles. The van der Waals surface area contributed by atoms with E-state index < -0.39 is 0 Å². The van der Waals surface area contributed by atoms with Gasteiger partial charge in [-0.1, -0.05) is 17.7 Å². The van der Waals surface area contributed by atoms with Gasteiger partial charge in [-0.05, 0) is 42.5 Å². The minimum Gasteiger partial charge on any atom is -0.469 e. The van der Waals surface area contributed by atoms with Gasteiger partial charge in [0.1, 0.15) is 0 Å². The minimum atomic E-state index is -0.154. The summed E-state index contributed by atoms with van der Waals surface area (Å²) in [6.07, 6.45) is 2.93. The van der Waals surface area contributed by atoms with Crippen molar-refractivity contribution in [2.24, 2.45) is 0 Å². The van der Waals surface area contributed by atoms with E-state index in [0.29, 0.717) is 5.02 Å². The number of rotatable bonds is 1. The van der Waals surface area contributed by atoms with E-state index in [4.69, 9.17) is 16.3 Å². The Bertz CT molecular complexity index is 387. The van der Waals surface area contributed by atoms with Gasteiger partial charge in [0, 0.05) is 5.02 Å². The summed E-state index contributed by atoms with van der Waals surface area (Å²) in [7, 11) is 1.43. The van der Waals surface area contributed by atoms with Gasteiger partial charge >= 0.3 is 5.97 Å². The molecule has 0 bridgehead atoms. The van der Waals surface area contributed by atoms with Crippen molar-refractivity contribution in [2.45, 2.75) is 25.2 Å². The summed E-state index contributed by atoms with van der Waals surface area (Å²) < 4.78 is 4.80. The second kappa shape index (κ2) is 4.23. The lowest BCUT2D eigenvalue weighted by Crippen LogP contribution is -2.19. The van der Waals surface area contributed by atoms with E-state index >= 15 is 0 Å². The third kappa shape index (κ3) is 2.00. The molecule has 80 valence electrons. The van der Waals surface area contributed by atoms with Crippen LogP contribution >= 0.6 is 11.6 Å². The molecule has 15 heavy (non-hydrogen) atoms. The Morgan fingerprint density at radius 2 is 2.33 bits per heavy atom. The Balaban J connectivity index is 2.40. The third-order valence-electron chi connectivity index (χ3n) is 2.91. The number of hydrogen-bond donors (Lipinski definition) is 0. The van der Waals surface area contributed by atoms with Gasteiger partial charge in [0.15, 0.2) is 0 Å². The number of carbonyl (C=O) groups is 1. The lowest BCUT2D eigenvalue weighted by atomic mass is 9.83. The Kier molecular flexibility index (Phi) is 2.96. The summed E-state index contributed by atoms with van der Waals surface area (Å²) in [5, 5.41) is 0.685. The van der Waals surface area contributed by atoms with Crippen LogP contribution in [0.5, 0.6) is 0 Å². The number of carbonyl (C=O) groups excluding carboxylic acids is 1. The van der Waals surface area contributed by atoms with Crippen LogP contribution in [0.1, 0.15) is 29.9 Å². The van der Waals surface area contributed by atoms with Crippen LogP contribution in [-0.4, -0.2) is 13.1 Å². The maximum Gasteiger partial charge on any atom is 0.313 e. The van der Waals surface area contributed by atoms with Gasteiger partial charge in [0.25, 0.3) is 0 Å². The van der Waals surface area contributed by atoms with Crippen LogP contribution in [0.25, 0.3) is 0 Å². The number of esters is 1. The smallest absolute Gasteiger partial charge is 0.313 e. The van der Waals surface area contributed by atoms with Crippen LogP contribution in [-0.2, 0) is 16.0 Å². The lowest BCUT2D eigenvalue weighted by molar-refractivity contribution is -0.142. The fraction of sp³-hybridized carbons (Fsp3) is 0.417. The van der Waals surface area contributed by atoms with Crippen molar-refractivity contribution in [1.29, 1.82) is 0 Å². The first-order valence-corrected chi connectivity index (χ1v) is 5.46. The Labute approximate surface area is 94.2 Å². The second-order valence-corrected chi connectivity index (χ2v) is 4.25. The van der Waals surface area contributed by atoms with Gasteiger partial charge in [0.05, 0.1) is 13.0 Å². The summed E-state index contributed by atoms with van der Waals surface area (Å²) in [5.41, 5.74) is 2.27. The number of aryl methyl sites for hydroxylation is 1. The minimum absolute atomic E-state index is 0.127. The summed E-state index contributed by atoms with van der Waals surface area (Å²) in [6.45, 7) is 0. The number of benzene rings is 1. The molecule has 1 aliphatic carbocycles. The van der Waals surface area contributed by atoms with Crippen LogP contribution in [0.15, 0.2) is 18.2 Å². The zero-order valence-electron chi connectivity index (χ0n) is 8.63. The molecular weight excluding hydrogens is 212 g/mol. The van der Waals surface area contributed by atoms with Gasteiger partial charge in [0.2, 0.25) is 0 Å². The Morgan fingerprint density at radius 1 is 1.53 bits per heavy atom. The number of hydrogen-bond acceptors (Lipinski definition) is 2. The first kappa shape index (κ1) is 10.5. The second-order valence-electron chi connectivity index (χ2n) is 3.81. The molecule has 1 unspecified atom stereocenters. The summed E-state index contributed by atoms with van der Waals surface area (Å²) in [6, 6.07) is 5.77. The van der Waals surface area contributed by atoms with E-state index in [0.717, 1.165) is 24.8 Å². The van der Waals surface area contributed by atoms with Crippen LogP contribution < -0.4 is 0 Å². The molecule has 2 nitrogen and oxygen atoms in total. The molecule has 0 aromatic heterocycles. The molecule has 3 heteroatoms. The highest BCUT2D eigenvalue weighted by molar-refractivity contribution is 6.30. The highest BCUT2D eigenvalue weighted by atomic mass is 35.5. The third-order valence-corrected chi connectivity index (χ3v) is 3.14. The predicted octanol–water partition coefficient (Wildman–Crippen LogP) is 2.93. The summed E-state index contributed by atoms with van der Waals surface area (Å²) in [5.74, 6) is -0.282. The maximum absolute atomic E-state index is 11.6. The van der Waals surface area contributed by atoms with Gasteiger partial charge in [-0.2, -0.15) is 0 Å². The van der Waals surface area contributed by atoms with Crippen LogP contribution in [0, 0.1) is 0 Å². The molecule has 0 aliphatic heterocycles. The van der Waals surface area contributed by atoms with Gasteiger partial charge in [-0.15, -0.1) is 0 Å². The first-order valence-electron chi connectivity index (χ1n) is 5.08. The standard InChI is InChI=1S/C12H13ClO2/c1-15-12(14)10-4-2-3-8-5-6-9(13)7-11(8)10/h5-7,10H,2-4H2,1H3. The largest absolute Gasteiger partial charge is 0.469 e. The molecule has 0 amide bonds. The fourth-order valence-corrected chi connectivity index (χ4v) is 2.34. The molecule has 0 saturated carbocycles. The molecule has 0 heterocycles. The van der Waals surface area contributed by atoms with E-state index in [9.17, 15) is 4.79 Å². The van der Waals surface area contributed by atoms with E-state index in [1.54, 1.807) is 0 Å². The maximum atomic E-state index is 11.6. The van der Waals surface area contributed by atoms with Crippen LogP contribution in [0.3, 0.4) is 0 Å². The fourth-order valence-electron chi connectivity index (χ4n) is 2.16. The van der Waals surface area contributed by atoms with Crippen molar-refractivity contribution in [3.8, 4) is 0 Å². The average molecular weight is 225 g/mol. The predicted molar refractivity (Wildman–Crippen MR) is 59.1 cm³/mol. The SMILES string of the molecule is COC(=O)C1CCCc2ccc(Cl)cc21. The molecule has 1 atom stereocenters. The van der Waals surface area contributed by atoms with E-state index in [1.807, 2.05) is 18.2 Å². The van der Waals surface area contributed by atoms with Crippen molar-refractivity contribution in [3.63, 3.8) is 0 Å². The highest BCUT2D eigenvalue weighted by Gasteiger charge is 2.27. The molecule has 2 rings (SSSR count). The Hall–Kier alpha value is -1.02. The van der Waals surface area contributed by atoms with Crippen LogP contribution in [0.4, 0.5) is 0 Å². The molecule has 0 spiro atoms. The molecule has 0 saturated heterocycles. The Morgan fingerprint density at radius 3 is 3.07 bits per heavy atom. The lowest BCUT2D eigenvalue weighted by Gasteiger charge is -2.23. The zero-order chi connectivity index (χ0) is 10.8. The van der Waals surface area contributed by atoms with E-state index in [1.165, 1.54) is 12.7 Å². The average Bonchev–Trinajstić information content (AvgIpc) is 2.27.